The molecule has 4 N–H and O–H groups in total. The number of fused-ring (bicyclic) bond motifs is 1. The van der Waals surface area contributed by atoms with Crippen molar-refractivity contribution in [2.75, 3.05) is 30.8 Å². The molecule has 5 rings (SSSR count). The molecule has 0 bridgehead atoms. The summed E-state index contributed by atoms with van der Waals surface area (Å²) in [6, 6.07) is 1.83. The van der Waals surface area contributed by atoms with Crippen molar-refractivity contribution in [2.45, 2.75) is 35.1 Å². The Kier molecular flexibility index (Phi) is 6.09. The Labute approximate surface area is 207 Å². The molecule has 10 heteroatoms. The number of imidazole rings is 1. The summed E-state index contributed by atoms with van der Waals surface area (Å²) in [5, 5.41) is 0.440. The first-order valence-corrected chi connectivity index (χ1v) is 12.3. The molecule has 4 heterocycles. The smallest absolute Gasteiger partial charge is 0.211 e. The molecule has 0 radical (unpaired) electrons. The van der Waals surface area contributed by atoms with E-state index in [0.717, 1.165) is 59.3 Å². The predicted molar refractivity (Wildman–Crippen MR) is 139 cm³/mol. The second-order valence-corrected chi connectivity index (χ2v) is 10.2. The highest BCUT2D eigenvalue weighted by molar-refractivity contribution is 7.99. The van der Waals surface area contributed by atoms with Crippen molar-refractivity contribution >= 4 is 47.0 Å². The maximum atomic E-state index is 6.73. The van der Waals surface area contributed by atoms with Crippen LogP contribution in [0.3, 0.4) is 0 Å². The number of piperidine rings is 1. The molecule has 8 nitrogen and oxygen atoms in total. The van der Waals surface area contributed by atoms with Crippen LogP contribution in [0.1, 0.15) is 19.3 Å². The van der Waals surface area contributed by atoms with Gasteiger partial charge < -0.3 is 16.4 Å². The number of pyridine rings is 1. The van der Waals surface area contributed by atoms with E-state index < -0.39 is 0 Å². The zero-order valence-corrected chi connectivity index (χ0v) is 20.6. The largest absolute Gasteiger partial charge is 0.382 e. The van der Waals surface area contributed by atoms with Gasteiger partial charge in [-0.2, -0.15) is 0 Å². The summed E-state index contributed by atoms with van der Waals surface area (Å²) in [5.74, 6) is 1.19. The quantitative estimate of drug-likeness (QED) is 0.515. The third kappa shape index (κ3) is 3.77. The molecule has 2 aliphatic rings. The van der Waals surface area contributed by atoms with Crippen molar-refractivity contribution in [2.24, 2.45) is 16.1 Å². The van der Waals surface area contributed by atoms with Crippen molar-refractivity contribution in [3.8, 4) is 0 Å². The van der Waals surface area contributed by atoms with Crippen LogP contribution in [-0.4, -0.2) is 51.7 Å². The second kappa shape index (κ2) is 9.05. The number of aliphatic imine (C=N–C) groups is 1. The van der Waals surface area contributed by atoms with Gasteiger partial charge in [0.25, 0.3) is 0 Å². The lowest BCUT2D eigenvalue weighted by Crippen LogP contribution is -2.48. The number of hydrogen-bond donors (Lipinski definition) is 2. The molecule has 1 atom stereocenters. The third-order valence-corrected chi connectivity index (χ3v) is 8.51. The van der Waals surface area contributed by atoms with Gasteiger partial charge in [-0.15, -0.1) is 0 Å². The van der Waals surface area contributed by atoms with Gasteiger partial charge in [0.2, 0.25) is 5.95 Å². The number of hydrogen-bond acceptors (Lipinski definition) is 8. The normalized spacial score (nSPS) is 20.2. The fraction of sp³-hybridized carbons (Fsp3) is 0.333. The van der Waals surface area contributed by atoms with Gasteiger partial charge in [-0.1, -0.05) is 36.0 Å². The number of nitrogens with zero attached hydrogens (tertiary/aromatic N) is 6. The summed E-state index contributed by atoms with van der Waals surface area (Å²) < 4.78 is 2.04. The maximum absolute atomic E-state index is 6.73. The van der Waals surface area contributed by atoms with Gasteiger partial charge in [0.15, 0.2) is 5.65 Å². The van der Waals surface area contributed by atoms with Crippen LogP contribution in [0.15, 0.2) is 69.4 Å². The highest BCUT2D eigenvalue weighted by Gasteiger charge is 2.46. The summed E-state index contributed by atoms with van der Waals surface area (Å²) in [4.78, 5) is 21.7. The highest BCUT2D eigenvalue weighted by Crippen LogP contribution is 2.48. The van der Waals surface area contributed by atoms with Crippen molar-refractivity contribution in [1.29, 1.82) is 0 Å². The van der Waals surface area contributed by atoms with Crippen molar-refractivity contribution < 1.29 is 0 Å². The second-order valence-electron chi connectivity index (χ2n) is 8.73. The van der Waals surface area contributed by atoms with Gasteiger partial charge in [-0.25, -0.2) is 15.0 Å². The molecule has 0 aromatic carbocycles. The zero-order chi connectivity index (χ0) is 23.9. The van der Waals surface area contributed by atoms with Gasteiger partial charge >= 0.3 is 0 Å². The topological polar surface area (TPSA) is 111 Å². The molecule has 1 fully saturated rings. The molecule has 1 spiro atoms. The Balaban J connectivity index is 1.38. The molecule has 1 saturated heterocycles. The molecule has 3 aromatic heterocycles. The van der Waals surface area contributed by atoms with Crippen LogP contribution < -0.4 is 16.4 Å². The first kappa shape index (κ1) is 22.9. The van der Waals surface area contributed by atoms with E-state index in [0.29, 0.717) is 10.8 Å². The molecule has 176 valence electrons. The lowest BCUT2D eigenvalue weighted by Gasteiger charge is -2.43. The van der Waals surface area contributed by atoms with Crippen LogP contribution in [-0.2, 0) is 0 Å². The van der Waals surface area contributed by atoms with Gasteiger partial charge in [-0.05, 0) is 41.9 Å². The van der Waals surface area contributed by atoms with Gasteiger partial charge in [0, 0.05) is 62.1 Å². The molecule has 0 amide bonds. The monoisotopic (exact) mass is 494 g/mol. The highest BCUT2D eigenvalue weighted by atomic mass is 35.5. The van der Waals surface area contributed by atoms with Crippen LogP contribution >= 0.6 is 23.4 Å². The number of anilines is 2. The predicted octanol–water partition coefficient (Wildman–Crippen LogP) is 4.01. The van der Waals surface area contributed by atoms with Crippen LogP contribution in [0.4, 0.5) is 11.8 Å². The van der Waals surface area contributed by atoms with E-state index >= 15 is 0 Å². The number of aromatic nitrogens is 4. The van der Waals surface area contributed by atoms with E-state index in [2.05, 4.69) is 26.4 Å². The van der Waals surface area contributed by atoms with E-state index in [1.165, 1.54) is 17.3 Å². The van der Waals surface area contributed by atoms with E-state index in [1.807, 2.05) is 35.2 Å². The fourth-order valence-electron chi connectivity index (χ4n) is 5.12. The minimum atomic E-state index is -0.0160. The number of allylic oxidation sites excluding steroid dienone is 1. The van der Waals surface area contributed by atoms with Crippen LogP contribution in [0, 0.1) is 5.41 Å². The number of halogens is 1. The molecular weight excluding hydrogens is 468 g/mol. The zero-order valence-electron chi connectivity index (χ0n) is 19.0. The van der Waals surface area contributed by atoms with Crippen LogP contribution in [0.5, 0.6) is 0 Å². The van der Waals surface area contributed by atoms with Crippen molar-refractivity contribution in [3.05, 3.63) is 59.7 Å². The molecule has 1 aliphatic heterocycles. The maximum Gasteiger partial charge on any atom is 0.211 e. The van der Waals surface area contributed by atoms with Gasteiger partial charge in [0.1, 0.15) is 5.82 Å². The SMILES string of the molecule is C=CC1=C(C=NC)CC2(CCN(c3ncc(Sc4ccnc(N)c4Cl)c4nccn34)CC2)[C@@H]1N. The minimum absolute atomic E-state index is 0.0160. The third-order valence-electron chi connectivity index (χ3n) is 6.93. The number of rotatable bonds is 5. The number of nitrogen functional groups attached to an aromatic ring is 1. The van der Waals surface area contributed by atoms with E-state index in [-0.39, 0.29) is 11.5 Å². The summed E-state index contributed by atoms with van der Waals surface area (Å²) in [7, 11) is 1.80. The van der Waals surface area contributed by atoms with Gasteiger partial charge in [0.05, 0.1) is 9.92 Å². The van der Waals surface area contributed by atoms with Crippen LogP contribution in [0.25, 0.3) is 5.65 Å². The lowest BCUT2D eigenvalue weighted by atomic mass is 9.72. The molecule has 3 aromatic rings. The Morgan fingerprint density at radius 3 is 2.76 bits per heavy atom. The molecular formula is C24H27ClN8S. The molecule has 0 unspecified atom stereocenters. The fourth-order valence-corrected chi connectivity index (χ4v) is 6.26. The Bertz CT molecular complexity index is 1310. The minimum Gasteiger partial charge on any atom is -0.382 e. The molecule has 0 saturated carbocycles. The Morgan fingerprint density at radius 2 is 2.03 bits per heavy atom. The van der Waals surface area contributed by atoms with E-state index in [4.69, 9.17) is 28.1 Å². The summed E-state index contributed by atoms with van der Waals surface area (Å²) in [6.07, 6.45) is 14.0. The van der Waals surface area contributed by atoms with Crippen molar-refractivity contribution in [3.63, 3.8) is 0 Å². The van der Waals surface area contributed by atoms with Crippen molar-refractivity contribution in [1.82, 2.24) is 19.4 Å². The average molecular weight is 495 g/mol. The summed E-state index contributed by atoms with van der Waals surface area (Å²) >= 11 is 7.83. The van der Waals surface area contributed by atoms with Gasteiger partial charge in [-0.3, -0.25) is 9.39 Å². The Morgan fingerprint density at radius 1 is 1.24 bits per heavy atom. The van der Waals surface area contributed by atoms with E-state index in [1.54, 1.807) is 19.4 Å². The van der Waals surface area contributed by atoms with E-state index in [9.17, 15) is 0 Å². The molecule has 34 heavy (non-hydrogen) atoms. The standard InChI is InChI=1S/C24H27ClN8S/c1-3-16-15(13-28-2)12-24(20(16)26)5-9-32(10-6-24)23-31-14-18(22-30-8-11-33(22)23)34-17-4-7-29-21(27)19(17)25/h3-4,7-8,11,13-14,20H,1,5-6,9-10,12,26H2,2H3,(H2,27,29)/t20-/m1/s1. The lowest BCUT2D eigenvalue weighted by molar-refractivity contribution is 0.204. The molecule has 1 aliphatic carbocycles. The summed E-state index contributed by atoms with van der Waals surface area (Å²) in [5.41, 5.74) is 15.8. The summed E-state index contributed by atoms with van der Waals surface area (Å²) in [6.45, 7) is 5.73. The Hall–Kier alpha value is -2.88. The first-order valence-electron chi connectivity index (χ1n) is 11.2. The number of nitrogens with two attached hydrogens (primary N) is 2. The average Bonchev–Trinajstić information content (AvgIpc) is 3.42. The van der Waals surface area contributed by atoms with Crippen LogP contribution in [0.2, 0.25) is 5.02 Å². The first-order chi connectivity index (χ1) is 16.5.